The molecule has 1 fully saturated rings. The number of hydrogen-bond donors (Lipinski definition) is 2. The highest BCUT2D eigenvalue weighted by Gasteiger charge is 2.17. The molecule has 1 atom stereocenters. The molecule has 1 amide bonds. The van der Waals surface area contributed by atoms with Crippen molar-refractivity contribution in [2.75, 3.05) is 20.2 Å². The molecule has 0 aromatic heterocycles. The SMILES string of the molecule is COc1cc(C(=O)NC2CCCNC2)ccc1OC(C)C.Cl. The molecule has 1 saturated heterocycles. The van der Waals surface area contributed by atoms with E-state index in [1.807, 2.05) is 13.8 Å². The predicted octanol–water partition coefficient (Wildman–Crippen LogP) is 2.39. The molecule has 124 valence electrons. The third-order valence-corrected chi connectivity index (χ3v) is 3.42. The number of carbonyl (C=O) groups is 1. The summed E-state index contributed by atoms with van der Waals surface area (Å²) >= 11 is 0. The Morgan fingerprint density at radius 2 is 2.14 bits per heavy atom. The van der Waals surface area contributed by atoms with Crippen LogP contribution in [0.5, 0.6) is 11.5 Å². The summed E-state index contributed by atoms with van der Waals surface area (Å²) in [5, 5.41) is 6.33. The minimum Gasteiger partial charge on any atom is -0.493 e. The van der Waals surface area contributed by atoms with E-state index >= 15 is 0 Å². The Morgan fingerprint density at radius 1 is 1.36 bits per heavy atom. The summed E-state index contributed by atoms with van der Waals surface area (Å²) < 4.78 is 11.0. The maximum absolute atomic E-state index is 12.3. The van der Waals surface area contributed by atoms with Crippen LogP contribution in [0.25, 0.3) is 0 Å². The molecule has 2 N–H and O–H groups in total. The molecular formula is C16H25ClN2O3. The Morgan fingerprint density at radius 3 is 2.73 bits per heavy atom. The van der Waals surface area contributed by atoms with E-state index in [2.05, 4.69) is 10.6 Å². The van der Waals surface area contributed by atoms with E-state index in [9.17, 15) is 4.79 Å². The van der Waals surface area contributed by atoms with Crippen LogP contribution in [0.15, 0.2) is 18.2 Å². The molecule has 1 heterocycles. The topological polar surface area (TPSA) is 59.6 Å². The van der Waals surface area contributed by atoms with E-state index < -0.39 is 0 Å². The van der Waals surface area contributed by atoms with Crippen LogP contribution in [0.2, 0.25) is 0 Å². The minimum atomic E-state index is -0.0712. The average Bonchev–Trinajstić information content (AvgIpc) is 2.48. The normalized spacial score (nSPS) is 17.5. The Bertz CT molecular complexity index is 488. The fourth-order valence-corrected chi connectivity index (χ4v) is 2.40. The average molecular weight is 329 g/mol. The summed E-state index contributed by atoms with van der Waals surface area (Å²) in [4.78, 5) is 12.3. The highest BCUT2D eigenvalue weighted by atomic mass is 35.5. The van der Waals surface area contributed by atoms with Gasteiger partial charge in [0.25, 0.3) is 5.91 Å². The maximum Gasteiger partial charge on any atom is 0.251 e. The zero-order valence-corrected chi connectivity index (χ0v) is 14.2. The Kier molecular flexibility index (Phi) is 7.48. The number of rotatable bonds is 5. The summed E-state index contributed by atoms with van der Waals surface area (Å²) in [5.41, 5.74) is 0.591. The van der Waals surface area contributed by atoms with Crippen molar-refractivity contribution in [3.05, 3.63) is 23.8 Å². The first kappa shape index (κ1) is 18.6. The van der Waals surface area contributed by atoms with Gasteiger partial charge in [0.2, 0.25) is 0 Å². The number of carbonyl (C=O) groups excluding carboxylic acids is 1. The van der Waals surface area contributed by atoms with Crippen molar-refractivity contribution in [2.45, 2.75) is 38.8 Å². The first-order valence-electron chi connectivity index (χ1n) is 7.46. The van der Waals surface area contributed by atoms with Crippen molar-refractivity contribution < 1.29 is 14.3 Å². The van der Waals surface area contributed by atoms with Crippen LogP contribution < -0.4 is 20.1 Å². The van der Waals surface area contributed by atoms with E-state index in [-0.39, 0.29) is 30.5 Å². The van der Waals surface area contributed by atoms with Crippen LogP contribution in [0.1, 0.15) is 37.0 Å². The number of benzene rings is 1. The lowest BCUT2D eigenvalue weighted by Crippen LogP contribution is -2.45. The summed E-state index contributed by atoms with van der Waals surface area (Å²) in [7, 11) is 1.58. The van der Waals surface area contributed by atoms with Crippen molar-refractivity contribution in [3.63, 3.8) is 0 Å². The number of nitrogens with one attached hydrogen (secondary N) is 2. The van der Waals surface area contributed by atoms with Gasteiger partial charge in [0.15, 0.2) is 11.5 Å². The highest BCUT2D eigenvalue weighted by molar-refractivity contribution is 5.95. The van der Waals surface area contributed by atoms with E-state index in [0.29, 0.717) is 17.1 Å². The van der Waals surface area contributed by atoms with E-state index in [4.69, 9.17) is 9.47 Å². The zero-order chi connectivity index (χ0) is 15.2. The van der Waals surface area contributed by atoms with Gasteiger partial charge in [0.1, 0.15) is 0 Å². The molecule has 0 spiro atoms. The lowest BCUT2D eigenvalue weighted by Gasteiger charge is -2.24. The van der Waals surface area contributed by atoms with E-state index in [1.165, 1.54) is 0 Å². The molecule has 1 aromatic rings. The van der Waals surface area contributed by atoms with Gasteiger partial charge in [-0.15, -0.1) is 12.4 Å². The number of piperidine rings is 1. The van der Waals surface area contributed by atoms with Gasteiger partial charge >= 0.3 is 0 Å². The predicted molar refractivity (Wildman–Crippen MR) is 89.4 cm³/mol. The van der Waals surface area contributed by atoms with Gasteiger partial charge in [0, 0.05) is 18.2 Å². The van der Waals surface area contributed by atoms with Gasteiger partial charge in [-0.3, -0.25) is 4.79 Å². The first-order valence-corrected chi connectivity index (χ1v) is 7.46. The smallest absolute Gasteiger partial charge is 0.251 e. The second-order valence-electron chi connectivity index (χ2n) is 5.55. The molecule has 1 aliphatic heterocycles. The Labute approximate surface area is 138 Å². The number of ether oxygens (including phenoxy) is 2. The number of halogens is 1. The van der Waals surface area contributed by atoms with Crippen molar-refractivity contribution in [3.8, 4) is 11.5 Å². The van der Waals surface area contributed by atoms with Crippen molar-refractivity contribution in [1.82, 2.24) is 10.6 Å². The lowest BCUT2D eigenvalue weighted by molar-refractivity contribution is 0.0930. The molecule has 0 saturated carbocycles. The molecule has 1 aromatic carbocycles. The molecule has 0 bridgehead atoms. The molecule has 0 radical (unpaired) electrons. The van der Waals surface area contributed by atoms with Crippen molar-refractivity contribution in [1.29, 1.82) is 0 Å². The standard InChI is InChI=1S/C16H24N2O3.ClH/c1-11(2)21-14-7-6-12(9-15(14)20-3)16(19)18-13-5-4-8-17-10-13;/h6-7,9,11,13,17H,4-5,8,10H2,1-3H3,(H,18,19);1H. The monoisotopic (exact) mass is 328 g/mol. The fraction of sp³-hybridized carbons (Fsp3) is 0.562. The fourth-order valence-electron chi connectivity index (χ4n) is 2.40. The highest BCUT2D eigenvalue weighted by Crippen LogP contribution is 2.29. The molecule has 22 heavy (non-hydrogen) atoms. The molecule has 6 heteroatoms. The zero-order valence-electron chi connectivity index (χ0n) is 13.3. The second kappa shape index (κ2) is 8.86. The summed E-state index contributed by atoms with van der Waals surface area (Å²) in [5.74, 6) is 1.17. The van der Waals surface area contributed by atoms with Gasteiger partial charge in [-0.1, -0.05) is 0 Å². The molecule has 1 unspecified atom stereocenters. The number of methoxy groups -OCH3 is 1. The number of hydrogen-bond acceptors (Lipinski definition) is 4. The quantitative estimate of drug-likeness (QED) is 0.871. The van der Waals surface area contributed by atoms with Crippen molar-refractivity contribution in [2.24, 2.45) is 0 Å². The second-order valence-corrected chi connectivity index (χ2v) is 5.55. The molecular weight excluding hydrogens is 304 g/mol. The van der Waals surface area contributed by atoms with Crippen LogP contribution in [0.4, 0.5) is 0 Å². The Hall–Kier alpha value is -1.46. The summed E-state index contributed by atoms with van der Waals surface area (Å²) in [6.07, 6.45) is 2.17. The van der Waals surface area contributed by atoms with Crippen LogP contribution in [0.3, 0.4) is 0 Å². The number of amides is 1. The van der Waals surface area contributed by atoms with Crippen LogP contribution in [0, 0.1) is 0 Å². The van der Waals surface area contributed by atoms with Gasteiger partial charge in [0.05, 0.1) is 13.2 Å². The molecule has 0 aliphatic carbocycles. The van der Waals surface area contributed by atoms with Crippen LogP contribution in [-0.4, -0.2) is 38.3 Å². The lowest BCUT2D eigenvalue weighted by atomic mass is 10.1. The van der Waals surface area contributed by atoms with Gasteiger partial charge in [-0.05, 0) is 51.4 Å². The Balaban J connectivity index is 0.00000242. The van der Waals surface area contributed by atoms with Gasteiger partial charge in [-0.2, -0.15) is 0 Å². The van der Waals surface area contributed by atoms with E-state index in [1.54, 1.807) is 25.3 Å². The molecule has 2 rings (SSSR count). The van der Waals surface area contributed by atoms with E-state index in [0.717, 1.165) is 25.9 Å². The molecule has 5 nitrogen and oxygen atoms in total. The van der Waals surface area contributed by atoms with Crippen molar-refractivity contribution >= 4 is 18.3 Å². The molecule has 1 aliphatic rings. The maximum atomic E-state index is 12.3. The van der Waals surface area contributed by atoms with Crippen LogP contribution in [-0.2, 0) is 0 Å². The largest absolute Gasteiger partial charge is 0.493 e. The first-order chi connectivity index (χ1) is 10.1. The van der Waals surface area contributed by atoms with Crippen LogP contribution >= 0.6 is 12.4 Å². The minimum absolute atomic E-state index is 0. The third kappa shape index (κ3) is 5.07. The third-order valence-electron chi connectivity index (χ3n) is 3.42. The summed E-state index contributed by atoms with van der Waals surface area (Å²) in [6, 6.07) is 5.48. The summed E-state index contributed by atoms with van der Waals surface area (Å²) in [6.45, 7) is 5.77. The van der Waals surface area contributed by atoms with Gasteiger partial charge < -0.3 is 20.1 Å². The van der Waals surface area contributed by atoms with Gasteiger partial charge in [-0.25, -0.2) is 0 Å².